The molecule has 1 aliphatic rings. The zero-order chi connectivity index (χ0) is 23.4. The van der Waals surface area contributed by atoms with Crippen molar-refractivity contribution in [3.05, 3.63) is 70.5 Å². The minimum absolute atomic E-state index is 0.145. The number of morpholine rings is 1. The summed E-state index contributed by atoms with van der Waals surface area (Å²) in [6.45, 7) is 6.99. The topological polar surface area (TPSA) is 75.9 Å². The van der Waals surface area contributed by atoms with Crippen LogP contribution in [0.4, 0.5) is 0 Å². The number of carbonyl (C=O) groups excluding carboxylic acids is 2. The lowest BCUT2D eigenvalue weighted by Crippen LogP contribution is -2.40. The normalized spacial score (nSPS) is 15.1. The van der Waals surface area contributed by atoms with E-state index in [4.69, 9.17) is 16.3 Å². The van der Waals surface area contributed by atoms with Gasteiger partial charge < -0.3 is 15.0 Å². The maximum absolute atomic E-state index is 13.1. The first-order valence-electron chi connectivity index (χ1n) is 11.3. The number of pyridine rings is 1. The molecule has 0 aliphatic carbocycles. The Balaban J connectivity index is 1.51. The molecule has 1 aliphatic heterocycles. The zero-order valence-corrected chi connectivity index (χ0v) is 19.7. The van der Waals surface area contributed by atoms with Crippen LogP contribution in [-0.4, -0.2) is 59.2 Å². The van der Waals surface area contributed by atoms with Crippen molar-refractivity contribution in [1.82, 2.24) is 19.8 Å². The van der Waals surface area contributed by atoms with Crippen LogP contribution in [0.15, 0.2) is 48.7 Å². The lowest BCUT2D eigenvalue weighted by Gasteiger charge is -2.25. The number of aromatic nitrogens is 2. The molecule has 0 radical (unpaired) electrons. The fourth-order valence-corrected chi connectivity index (χ4v) is 4.32. The summed E-state index contributed by atoms with van der Waals surface area (Å²) in [7, 11) is 0. The van der Waals surface area contributed by atoms with Crippen LogP contribution in [0.1, 0.15) is 52.6 Å². The summed E-state index contributed by atoms with van der Waals surface area (Å²) >= 11 is 6.05. The first kappa shape index (κ1) is 23.3. The molecule has 8 heteroatoms. The molecule has 0 bridgehead atoms. The summed E-state index contributed by atoms with van der Waals surface area (Å²) in [6, 6.07) is 13.0. The van der Waals surface area contributed by atoms with E-state index in [0.29, 0.717) is 60.6 Å². The summed E-state index contributed by atoms with van der Waals surface area (Å²) in [5, 5.41) is 8.20. The molecular weight excluding hydrogens is 440 g/mol. The Hall–Kier alpha value is -2.90. The number of fused-ring (bicyclic) bond motifs is 1. The number of ether oxygens (including phenoxy) is 1. The van der Waals surface area contributed by atoms with E-state index in [1.165, 1.54) is 0 Å². The second kappa shape index (κ2) is 10.4. The number of halogens is 1. The average Bonchev–Trinajstić information content (AvgIpc) is 3.26. The van der Waals surface area contributed by atoms with Crippen LogP contribution >= 0.6 is 11.6 Å². The molecule has 1 N–H and O–H groups in total. The highest BCUT2D eigenvalue weighted by Crippen LogP contribution is 2.25. The smallest absolute Gasteiger partial charge is 0.274 e. The summed E-state index contributed by atoms with van der Waals surface area (Å²) in [4.78, 5) is 27.7. The number of benzene rings is 1. The van der Waals surface area contributed by atoms with Gasteiger partial charge in [0.2, 0.25) is 0 Å². The Bertz CT molecular complexity index is 1120. The van der Waals surface area contributed by atoms with E-state index in [0.717, 1.165) is 12.0 Å². The molecule has 2 aromatic heterocycles. The number of hydrogen-bond donors (Lipinski definition) is 1. The maximum atomic E-state index is 13.1. The first-order valence-corrected chi connectivity index (χ1v) is 11.7. The minimum Gasteiger partial charge on any atom is -0.378 e. The maximum Gasteiger partial charge on any atom is 0.274 e. The Morgan fingerprint density at radius 2 is 1.88 bits per heavy atom. The van der Waals surface area contributed by atoms with Gasteiger partial charge in [-0.2, -0.15) is 5.10 Å². The van der Waals surface area contributed by atoms with Crippen molar-refractivity contribution >= 4 is 28.9 Å². The van der Waals surface area contributed by atoms with Gasteiger partial charge in [-0.15, -0.1) is 0 Å². The van der Waals surface area contributed by atoms with Gasteiger partial charge >= 0.3 is 0 Å². The molecule has 1 unspecified atom stereocenters. The highest BCUT2D eigenvalue weighted by molar-refractivity contribution is 6.30. The number of nitrogens with one attached hydrogen (secondary N) is 1. The van der Waals surface area contributed by atoms with Crippen LogP contribution in [0, 0.1) is 5.92 Å². The van der Waals surface area contributed by atoms with Crippen LogP contribution in [0.2, 0.25) is 5.02 Å². The Morgan fingerprint density at radius 1 is 1.15 bits per heavy atom. The second-order valence-electron chi connectivity index (χ2n) is 8.77. The Morgan fingerprint density at radius 3 is 2.58 bits per heavy atom. The van der Waals surface area contributed by atoms with E-state index in [9.17, 15) is 9.59 Å². The van der Waals surface area contributed by atoms with E-state index >= 15 is 0 Å². The number of rotatable bonds is 7. The van der Waals surface area contributed by atoms with Gasteiger partial charge in [-0.3, -0.25) is 9.59 Å². The average molecular weight is 469 g/mol. The van der Waals surface area contributed by atoms with E-state index in [2.05, 4.69) is 24.3 Å². The third-order valence-corrected chi connectivity index (χ3v) is 6.12. The Labute approximate surface area is 198 Å². The number of carbonyl (C=O) groups is 2. The molecule has 1 saturated heterocycles. The van der Waals surface area contributed by atoms with Gasteiger partial charge in [0.25, 0.3) is 11.8 Å². The van der Waals surface area contributed by atoms with Gasteiger partial charge in [-0.05, 0) is 48.2 Å². The molecule has 1 aromatic carbocycles. The highest BCUT2D eigenvalue weighted by Gasteiger charge is 2.23. The van der Waals surface area contributed by atoms with E-state index < -0.39 is 0 Å². The summed E-state index contributed by atoms with van der Waals surface area (Å²) in [5.74, 6) is 0.325. The van der Waals surface area contributed by atoms with Crippen molar-refractivity contribution in [3.8, 4) is 0 Å². The molecule has 2 amide bonds. The molecule has 3 aromatic rings. The van der Waals surface area contributed by atoms with Crippen molar-refractivity contribution in [1.29, 1.82) is 0 Å². The van der Waals surface area contributed by atoms with Gasteiger partial charge in [-0.25, -0.2) is 4.52 Å². The molecule has 0 spiro atoms. The number of nitrogens with zero attached hydrogens (tertiary/aromatic N) is 3. The zero-order valence-electron chi connectivity index (χ0n) is 19.0. The van der Waals surface area contributed by atoms with Crippen molar-refractivity contribution < 1.29 is 14.3 Å². The fourth-order valence-electron chi connectivity index (χ4n) is 4.19. The minimum atomic E-state index is -0.186. The standard InChI is InChI=1S/C25H29ClN4O3/c1-17(2)14-19(18-5-7-20(26)8-6-18)16-27-24(31)21-4-3-9-30-23(21)15-22(28-30)25(32)29-10-12-33-13-11-29/h3-9,15,17,19H,10-14,16H2,1-2H3,(H,27,31). The molecule has 1 fully saturated rings. The third-order valence-electron chi connectivity index (χ3n) is 5.87. The quantitative estimate of drug-likeness (QED) is 0.568. The van der Waals surface area contributed by atoms with Gasteiger partial charge in [0.05, 0.1) is 24.3 Å². The van der Waals surface area contributed by atoms with Crippen LogP contribution in [-0.2, 0) is 4.74 Å². The lowest BCUT2D eigenvalue weighted by molar-refractivity contribution is 0.0299. The predicted molar refractivity (Wildman–Crippen MR) is 128 cm³/mol. The van der Waals surface area contributed by atoms with Gasteiger partial charge in [0, 0.05) is 36.8 Å². The summed E-state index contributed by atoms with van der Waals surface area (Å²) in [5.41, 5.74) is 2.58. The number of hydrogen-bond acceptors (Lipinski definition) is 4. The second-order valence-corrected chi connectivity index (χ2v) is 9.21. The SMILES string of the molecule is CC(C)CC(CNC(=O)c1cccn2nc(C(=O)N3CCOCC3)cc12)c1ccc(Cl)cc1. The van der Waals surface area contributed by atoms with Crippen LogP contribution in [0.25, 0.3) is 5.52 Å². The summed E-state index contributed by atoms with van der Waals surface area (Å²) in [6.07, 6.45) is 2.69. The van der Waals surface area contributed by atoms with Gasteiger partial charge in [-0.1, -0.05) is 37.6 Å². The monoisotopic (exact) mass is 468 g/mol. The molecule has 174 valence electrons. The van der Waals surface area contributed by atoms with Crippen LogP contribution < -0.4 is 5.32 Å². The van der Waals surface area contributed by atoms with Crippen molar-refractivity contribution in [3.63, 3.8) is 0 Å². The fraction of sp³-hybridized carbons (Fsp3) is 0.400. The molecule has 1 atom stereocenters. The van der Waals surface area contributed by atoms with E-state index in [1.807, 2.05) is 24.3 Å². The third kappa shape index (κ3) is 5.54. The molecule has 33 heavy (non-hydrogen) atoms. The predicted octanol–water partition coefficient (Wildman–Crippen LogP) is 4.02. The number of amides is 2. The first-order chi connectivity index (χ1) is 15.9. The molecular formula is C25H29ClN4O3. The molecule has 7 nitrogen and oxygen atoms in total. The van der Waals surface area contributed by atoms with E-state index in [-0.39, 0.29) is 17.7 Å². The highest BCUT2D eigenvalue weighted by atomic mass is 35.5. The largest absolute Gasteiger partial charge is 0.378 e. The summed E-state index contributed by atoms with van der Waals surface area (Å²) < 4.78 is 6.91. The van der Waals surface area contributed by atoms with Crippen LogP contribution in [0.5, 0.6) is 0 Å². The van der Waals surface area contributed by atoms with Gasteiger partial charge in [0.15, 0.2) is 5.69 Å². The Kier molecular flexibility index (Phi) is 7.30. The van der Waals surface area contributed by atoms with Crippen molar-refractivity contribution in [2.75, 3.05) is 32.8 Å². The van der Waals surface area contributed by atoms with Crippen molar-refractivity contribution in [2.24, 2.45) is 5.92 Å². The van der Waals surface area contributed by atoms with Crippen molar-refractivity contribution in [2.45, 2.75) is 26.2 Å². The van der Waals surface area contributed by atoms with E-state index in [1.54, 1.807) is 33.8 Å². The van der Waals surface area contributed by atoms with Crippen LogP contribution in [0.3, 0.4) is 0 Å². The molecule has 4 rings (SSSR count). The molecule has 3 heterocycles. The molecule has 0 saturated carbocycles. The lowest BCUT2D eigenvalue weighted by atomic mass is 9.90. The van der Waals surface area contributed by atoms with Gasteiger partial charge in [0.1, 0.15) is 0 Å².